The van der Waals surface area contributed by atoms with Gasteiger partial charge in [-0.05, 0) is 22.9 Å². The molecule has 0 heterocycles. The minimum absolute atomic E-state index is 0.559. The molecule has 0 saturated heterocycles. The van der Waals surface area contributed by atoms with Crippen LogP contribution in [0.15, 0.2) is 84.9 Å². The van der Waals surface area contributed by atoms with Crippen LogP contribution in [0.5, 0.6) is 11.5 Å². The van der Waals surface area contributed by atoms with Gasteiger partial charge >= 0.3 is 7.60 Å². The maximum Gasteiger partial charge on any atom is 0.427 e. The normalized spacial score (nSPS) is 11.6. The lowest BCUT2D eigenvalue weighted by molar-refractivity contribution is 0.397. The molecule has 0 aliphatic rings. The summed E-state index contributed by atoms with van der Waals surface area (Å²) in [6, 6.07) is 27.1. The molecule has 25 heavy (non-hydrogen) atoms. The largest absolute Gasteiger partial charge is 0.427 e. The molecule has 0 saturated carbocycles. The summed E-state index contributed by atoms with van der Waals surface area (Å²) in [5, 5.41) is 3.89. The van der Waals surface area contributed by atoms with E-state index in [1.54, 1.807) is 0 Å². The lowest BCUT2D eigenvalue weighted by atomic mass is 10.1. The molecule has 0 amide bonds. The lowest BCUT2D eigenvalue weighted by Crippen LogP contribution is -2.00. The van der Waals surface area contributed by atoms with E-state index in [0.29, 0.717) is 11.5 Å². The molecule has 0 spiro atoms. The Labute approximate surface area is 146 Å². The Hall–Kier alpha value is -2.77. The summed E-state index contributed by atoms with van der Waals surface area (Å²) in [5.41, 5.74) is 0. The molecule has 0 aliphatic heterocycles. The Bertz CT molecular complexity index is 1010. The minimum atomic E-state index is -3.35. The van der Waals surface area contributed by atoms with E-state index in [-0.39, 0.29) is 0 Å². The molecule has 0 bridgehead atoms. The van der Waals surface area contributed by atoms with Gasteiger partial charge in [-0.1, -0.05) is 72.8 Å². The third-order valence-corrected chi connectivity index (χ3v) is 5.08. The first-order valence-corrected chi connectivity index (χ1v) is 10.0. The predicted molar refractivity (Wildman–Crippen MR) is 103 cm³/mol. The van der Waals surface area contributed by atoms with Crippen molar-refractivity contribution in [1.82, 2.24) is 0 Å². The summed E-state index contributed by atoms with van der Waals surface area (Å²) in [4.78, 5) is 0. The number of hydrogen-bond donors (Lipinski definition) is 0. The van der Waals surface area contributed by atoms with Crippen LogP contribution in [0.4, 0.5) is 0 Å². The van der Waals surface area contributed by atoms with Crippen LogP contribution < -0.4 is 9.05 Å². The van der Waals surface area contributed by atoms with E-state index in [2.05, 4.69) is 0 Å². The Morgan fingerprint density at radius 2 is 1.00 bits per heavy atom. The molecule has 0 unspecified atom stereocenters. The molecule has 124 valence electrons. The van der Waals surface area contributed by atoms with Gasteiger partial charge in [0.25, 0.3) is 0 Å². The van der Waals surface area contributed by atoms with Crippen molar-refractivity contribution in [3.8, 4) is 11.5 Å². The van der Waals surface area contributed by atoms with Gasteiger partial charge in [-0.3, -0.25) is 0 Å². The quantitative estimate of drug-likeness (QED) is 0.408. The molecule has 3 nitrogen and oxygen atoms in total. The molecule has 4 aromatic rings. The highest BCUT2D eigenvalue weighted by molar-refractivity contribution is 7.53. The molecule has 0 aromatic heterocycles. The summed E-state index contributed by atoms with van der Waals surface area (Å²) in [5.74, 6) is 1.12. The average Bonchev–Trinajstić information content (AvgIpc) is 2.62. The predicted octanol–water partition coefficient (Wildman–Crippen LogP) is 6.27. The summed E-state index contributed by atoms with van der Waals surface area (Å²) < 4.78 is 24.6. The zero-order chi connectivity index (χ0) is 17.3. The third-order valence-electron chi connectivity index (χ3n) is 4.03. The zero-order valence-electron chi connectivity index (χ0n) is 13.8. The number of rotatable bonds is 4. The van der Waals surface area contributed by atoms with Gasteiger partial charge in [0.05, 0.1) is 6.66 Å². The summed E-state index contributed by atoms with van der Waals surface area (Å²) in [6.45, 7) is 1.50. The molecule has 4 heteroatoms. The van der Waals surface area contributed by atoms with Crippen LogP contribution in [0.2, 0.25) is 0 Å². The van der Waals surface area contributed by atoms with Gasteiger partial charge in [-0.2, -0.15) is 0 Å². The van der Waals surface area contributed by atoms with Crippen LogP contribution in [0.3, 0.4) is 0 Å². The van der Waals surface area contributed by atoms with E-state index in [1.165, 1.54) is 6.66 Å². The Balaban J connectivity index is 1.69. The highest BCUT2D eigenvalue weighted by Gasteiger charge is 2.22. The zero-order valence-corrected chi connectivity index (χ0v) is 14.6. The van der Waals surface area contributed by atoms with E-state index in [9.17, 15) is 4.57 Å². The fraction of sp³-hybridized carbons (Fsp3) is 0.0476. The van der Waals surface area contributed by atoms with Gasteiger partial charge in [0.1, 0.15) is 11.5 Å². The molecule has 0 radical (unpaired) electrons. The highest BCUT2D eigenvalue weighted by Crippen LogP contribution is 2.47. The second-order valence-electron chi connectivity index (χ2n) is 5.91. The van der Waals surface area contributed by atoms with E-state index < -0.39 is 7.60 Å². The average molecular weight is 348 g/mol. The van der Waals surface area contributed by atoms with Gasteiger partial charge < -0.3 is 9.05 Å². The molecule has 0 fully saturated rings. The van der Waals surface area contributed by atoms with Crippen LogP contribution >= 0.6 is 7.60 Å². The molecule has 4 aromatic carbocycles. The van der Waals surface area contributed by atoms with Crippen molar-refractivity contribution in [3.63, 3.8) is 0 Å². The number of fused-ring (bicyclic) bond motifs is 2. The summed E-state index contributed by atoms with van der Waals surface area (Å²) >= 11 is 0. The maximum atomic E-state index is 13.0. The minimum Gasteiger partial charge on any atom is -0.416 e. The van der Waals surface area contributed by atoms with Crippen molar-refractivity contribution >= 4 is 29.1 Å². The standard InChI is InChI=1S/C21H17O3P/c1-25(22,23-20-14-6-10-16-8-2-4-12-18(16)20)24-21-15-7-11-17-9-3-5-13-19(17)21/h2-15H,1H3. The van der Waals surface area contributed by atoms with Crippen LogP contribution in [-0.2, 0) is 4.57 Å². The third kappa shape index (κ3) is 3.24. The van der Waals surface area contributed by atoms with Crippen LogP contribution in [0.25, 0.3) is 21.5 Å². The molecule has 0 aliphatic carbocycles. The van der Waals surface area contributed by atoms with Crippen LogP contribution in [0.1, 0.15) is 0 Å². The van der Waals surface area contributed by atoms with Gasteiger partial charge in [0.2, 0.25) is 0 Å². The smallest absolute Gasteiger partial charge is 0.416 e. The molecular weight excluding hydrogens is 331 g/mol. The topological polar surface area (TPSA) is 35.5 Å². The van der Waals surface area contributed by atoms with E-state index >= 15 is 0 Å². The second-order valence-corrected chi connectivity index (χ2v) is 7.82. The van der Waals surface area contributed by atoms with Crippen molar-refractivity contribution in [2.24, 2.45) is 0 Å². The Morgan fingerprint density at radius 3 is 1.48 bits per heavy atom. The fourth-order valence-electron chi connectivity index (χ4n) is 2.93. The van der Waals surface area contributed by atoms with Crippen LogP contribution in [0, 0.1) is 0 Å². The summed E-state index contributed by atoms with van der Waals surface area (Å²) in [6.07, 6.45) is 0. The monoisotopic (exact) mass is 348 g/mol. The summed E-state index contributed by atoms with van der Waals surface area (Å²) in [7, 11) is -3.35. The van der Waals surface area contributed by atoms with Crippen LogP contribution in [-0.4, -0.2) is 6.66 Å². The fourth-order valence-corrected chi connectivity index (χ4v) is 4.00. The van der Waals surface area contributed by atoms with Gasteiger partial charge in [-0.15, -0.1) is 0 Å². The number of benzene rings is 4. The first-order chi connectivity index (χ1) is 12.1. The van der Waals surface area contributed by atoms with E-state index in [0.717, 1.165) is 21.5 Å². The molecule has 0 N–H and O–H groups in total. The van der Waals surface area contributed by atoms with Crippen molar-refractivity contribution in [3.05, 3.63) is 84.9 Å². The van der Waals surface area contributed by atoms with Gasteiger partial charge in [-0.25, -0.2) is 4.57 Å². The Kier molecular flexibility index (Phi) is 3.95. The SMILES string of the molecule is CP(=O)(Oc1cccc2ccccc12)Oc1cccc2ccccc12. The van der Waals surface area contributed by atoms with Crippen molar-refractivity contribution in [2.75, 3.05) is 6.66 Å². The number of hydrogen-bond acceptors (Lipinski definition) is 3. The van der Waals surface area contributed by atoms with E-state index in [1.807, 2.05) is 84.9 Å². The first-order valence-electron chi connectivity index (χ1n) is 8.05. The lowest BCUT2D eigenvalue weighted by Gasteiger charge is -2.18. The molecule has 0 atom stereocenters. The van der Waals surface area contributed by atoms with Crippen molar-refractivity contribution in [1.29, 1.82) is 0 Å². The maximum absolute atomic E-state index is 13.0. The van der Waals surface area contributed by atoms with E-state index in [4.69, 9.17) is 9.05 Å². The van der Waals surface area contributed by atoms with Gasteiger partial charge in [0.15, 0.2) is 0 Å². The Morgan fingerprint density at radius 1 is 0.600 bits per heavy atom. The van der Waals surface area contributed by atoms with Crippen molar-refractivity contribution < 1.29 is 13.6 Å². The highest BCUT2D eigenvalue weighted by atomic mass is 31.2. The molecular formula is C21H17O3P. The second kappa shape index (κ2) is 6.27. The first kappa shape index (κ1) is 15.7. The molecule has 4 rings (SSSR count). The van der Waals surface area contributed by atoms with Crippen molar-refractivity contribution in [2.45, 2.75) is 0 Å². The van der Waals surface area contributed by atoms with Gasteiger partial charge in [0, 0.05) is 10.8 Å².